The van der Waals surface area contributed by atoms with Gasteiger partial charge in [-0.2, -0.15) is 0 Å². The summed E-state index contributed by atoms with van der Waals surface area (Å²) in [4.78, 5) is 19.4. The summed E-state index contributed by atoms with van der Waals surface area (Å²) in [5.41, 5.74) is 0.930. The van der Waals surface area contributed by atoms with E-state index in [4.69, 9.17) is 9.15 Å². The molecule has 1 aliphatic rings. The Morgan fingerprint density at radius 1 is 1.12 bits per heavy atom. The van der Waals surface area contributed by atoms with E-state index >= 15 is 0 Å². The molecule has 5 heteroatoms. The van der Waals surface area contributed by atoms with Crippen LogP contribution in [0.3, 0.4) is 0 Å². The summed E-state index contributed by atoms with van der Waals surface area (Å²) in [6.07, 6.45) is 3.95. The van der Waals surface area contributed by atoms with Crippen LogP contribution in [0, 0.1) is 0 Å². The largest absolute Gasteiger partial charge is 0.493 e. The minimum absolute atomic E-state index is 0.00542. The highest BCUT2D eigenvalue weighted by Crippen LogP contribution is 2.35. The number of anilines is 1. The molecular weight excluding hydrogens is 316 g/mol. The van der Waals surface area contributed by atoms with E-state index < -0.39 is 0 Å². The molecule has 4 rings (SSSR count). The Morgan fingerprint density at radius 2 is 2.00 bits per heavy atom. The molecule has 0 fully saturated rings. The van der Waals surface area contributed by atoms with E-state index in [1.54, 1.807) is 17.4 Å². The Labute approximate surface area is 145 Å². The van der Waals surface area contributed by atoms with Gasteiger partial charge >= 0.3 is 0 Å². The molecule has 0 bridgehead atoms. The van der Waals surface area contributed by atoms with E-state index in [1.165, 1.54) is 0 Å². The normalized spacial score (nSPS) is 15.9. The van der Waals surface area contributed by atoms with Crippen molar-refractivity contribution in [3.8, 4) is 5.75 Å². The minimum Gasteiger partial charge on any atom is -0.493 e. The summed E-state index contributed by atoms with van der Waals surface area (Å²) in [7, 11) is 0. The Bertz CT molecular complexity index is 846. The van der Waals surface area contributed by atoms with Crippen LogP contribution in [0.25, 0.3) is 0 Å². The number of nitrogens with zero attached hydrogens (tertiary/aromatic N) is 2. The summed E-state index contributed by atoms with van der Waals surface area (Å²) >= 11 is 0. The van der Waals surface area contributed by atoms with E-state index in [1.807, 2.05) is 54.6 Å². The molecular formula is C20H18N2O3. The Kier molecular flexibility index (Phi) is 4.21. The van der Waals surface area contributed by atoms with E-state index in [0.717, 1.165) is 17.1 Å². The molecule has 0 saturated carbocycles. The average molecular weight is 334 g/mol. The maximum Gasteiger partial charge on any atom is 0.236 e. The molecule has 0 saturated heterocycles. The summed E-state index contributed by atoms with van der Waals surface area (Å²) in [5.74, 6) is 1.88. The van der Waals surface area contributed by atoms with Gasteiger partial charge in [0.25, 0.3) is 0 Å². The lowest BCUT2D eigenvalue weighted by molar-refractivity contribution is -0.120. The molecule has 5 nitrogen and oxygen atoms in total. The van der Waals surface area contributed by atoms with Gasteiger partial charge in [-0.1, -0.05) is 24.3 Å². The van der Waals surface area contributed by atoms with Crippen LogP contribution in [-0.4, -0.2) is 17.5 Å². The fourth-order valence-corrected chi connectivity index (χ4v) is 3.13. The number of furan rings is 1. The van der Waals surface area contributed by atoms with Crippen LogP contribution in [0.15, 0.2) is 71.5 Å². The predicted molar refractivity (Wildman–Crippen MR) is 93.4 cm³/mol. The second-order valence-corrected chi connectivity index (χ2v) is 5.92. The van der Waals surface area contributed by atoms with E-state index in [-0.39, 0.29) is 11.8 Å². The fourth-order valence-electron chi connectivity index (χ4n) is 3.13. The second kappa shape index (κ2) is 6.81. The smallest absolute Gasteiger partial charge is 0.236 e. The maximum atomic E-state index is 13.4. The molecule has 0 aliphatic carbocycles. The van der Waals surface area contributed by atoms with Crippen LogP contribution < -0.4 is 9.64 Å². The molecule has 2 aromatic heterocycles. The third kappa shape index (κ3) is 3.13. The van der Waals surface area contributed by atoms with Crippen LogP contribution >= 0.6 is 0 Å². The number of rotatable bonds is 4. The highest BCUT2D eigenvalue weighted by molar-refractivity contribution is 5.97. The molecule has 0 spiro atoms. The molecule has 0 radical (unpaired) electrons. The first kappa shape index (κ1) is 15.4. The van der Waals surface area contributed by atoms with Gasteiger partial charge in [-0.3, -0.25) is 9.69 Å². The lowest BCUT2D eigenvalue weighted by atomic mass is 9.91. The van der Waals surface area contributed by atoms with Crippen molar-refractivity contribution >= 4 is 11.7 Å². The number of pyridine rings is 1. The first-order valence-electron chi connectivity index (χ1n) is 8.29. The van der Waals surface area contributed by atoms with Crippen LogP contribution in [0.5, 0.6) is 5.75 Å². The summed E-state index contributed by atoms with van der Waals surface area (Å²) in [6.45, 7) is 0.882. The summed E-state index contributed by atoms with van der Waals surface area (Å²) in [6, 6.07) is 17.0. The number of benzene rings is 1. The van der Waals surface area contributed by atoms with Crippen molar-refractivity contribution in [1.29, 1.82) is 0 Å². The molecule has 0 N–H and O–H groups in total. The molecule has 1 amide bonds. The lowest BCUT2D eigenvalue weighted by Gasteiger charge is -2.30. The quantitative estimate of drug-likeness (QED) is 0.729. The molecule has 3 aromatic rings. The number of ether oxygens (including phenoxy) is 1. The van der Waals surface area contributed by atoms with Gasteiger partial charge in [0.05, 0.1) is 25.3 Å². The fraction of sp³-hybridized carbons (Fsp3) is 0.200. The Hall–Kier alpha value is -3.08. The second-order valence-electron chi connectivity index (χ2n) is 5.92. The standard InChI is InChI=1S/C20H18N2O3/c23-20(17-10-13-25-18-8-2-1-7-16(17)18)22(14-15-6-5-12-24-15)19-9-3-4-11-21-19/h1-9,11-12,17H,10,13-14H2/t17-/m1/s1. The third-order valence-corrected chi connectivity index (χ3v) is 4.34. The van der Waals surface area contributed by atoms with Crippen LogP contribution in [0.4, 0.5) is 5.82 Å². The maximum absolute atomic E-state index is 13.4. The number of carbonyl (C=O) groups excluding carboxylic acids is 1. The van der Waals surface area contributed by atoms with Gasteiger partial charge in [-0.05, 0) is 36.8 Å². The number of amides is 1. The van der Waals surface area contributed by atoms with Gasteiger partial charge in [0.2, 0.25) is 5.91 Å². The van der Waals surface area contributed by atoms with Crippen molar-refractivity contribution in [2.45, 2.75) is 18.9 Å². The number of carbonyl (C=O) groups is 1. The van der Waals surface area contributed by atoms with Crippen molar-refractivity contribution < 1.29 is 13.9 Å². The molecule has 1 atom stereocenters. The van der Waals surface area contributed by atoms with E-state index in [2.05, 4.69) is 4.98 Å². The van der Waals surface area contributed by atoms with Crippen molar-refractivity contribution in [1.82, 2.24) is 4.98 Å². The van der Waals surface area contributed by atoms with Gasteiger partial charge in [-0.15, -0.1) is 0 Å². The van der Waals surface area contributed by atoms with Gasteiger partial charge < -0.3 is 9.15 Å². The zero-order valence-corrected chi connectivity index (χ0v) is 13.7. The Morgan fingerprint density at radius 3 is 2.80 bits per heavy atom. The zero-order chi connectivity index (χ0) is 17.1. The number of aromatic nitrogens is 1. The van der Waals surface area contributed by atoms with E-state index in [9.17, 15) is 4.79 Å². The highest BCUT2D eigenvalue weighted by Gasteiger charge is 2.32. The number of para-hydroxylation sites is 1. The molecule has 1 aliphatic heterocycles. The van der Waals surface area contributed by atoms with Gasteiger partial charge in [0, 0.05) is 11.8 Å². The van der Waals surface area contributed by atoms with Crippen LogP contribution in [-0.2, 0) is 11.3 Å². The molecule has 126 valence electrons. The van der Waals surface area contributed by atoms with Gasteiger partial charge in [0.1, 0.15) is 17.3 Å². The van der Waals surface area contributed by atoms with Gasteiger partial charge in [-0.25, -0.2) is 4.98 Å². The third-order valence-electron chi connectivity index (χ3n) is 4.34. The highest BCUT2D eigenvalue weighted by atomic mass is 16.5. The SMILES string of the molecule is O=C([C@@H]1CCOc2ccccc21)N(Cc1ccco1)c1ccccn1. The monoisotopic (exact) mass is 334 g/mol. The minimum atomic E-state index is -0.248. The van der Waals surface area contributed by atoms with Crippen molar-refractivity contribution in [3.63, 3.8) is 0 Å². The number of fused-ring (bicyclic) bond motifs is 1. The number of hydrogen-bond acceptors (Lipinski definition) is 4. The summed E-state index contributed by atoms with van der Waals surface area (Å²) in [5, 5.41) is 0. The number of hydrogen-bond donors (Lipinski definition) is 0. The first-order valence-corrected chi connectivity index (χ1v) is 8.29. The zero-order valence-electron chi connectivity index (χ0n) is 13.7. The lowest BCUT2D eigenvalue weighted by Crippen LogP contribution is -2.37. The van der Waals surface area contributed by atoms with Crippen molar-refractivity contribution in [2.24, 2.45) is 0 Å². The predicted octanol–water partition coefficient (Wildman–Crippen LogP) is 3.77. The molecule has 25 heavy (non-hydrogen) atoms. The topological polar surface area (TPSA) is 55.6 Å². The van der Waals surface area contributed by atoms with Crippen LogP contribution in [0.1, 0.15) is 23.7 Å². The van der Waals surface area contributed by atoms with E-state index in [0.29, 0.717) is 25.4 Å². The van der Waals surface area contributed by atoms with Crippen molar-refractivity contribution in [2.75, 3.05) is 11.5 Å². The first-order chi connectivity index (χ1) is 12.3. The average Bonchev–Trinajstić information content (AvgIpc) is 3.19. The molecule has 1 aromatic carbocycles. The van der Waals surface area contributed by atoms with Crippen molar-refractivity contribution in [3.05, 3.63) is 78.4 Å². The van der Waals surface area contributed by atoms with Crippen LogP contribution in [0.2, 0.25) is 0 Å². The molecule has 3 heterocycles. The summed E-state index contributed by atoms with van der Waals surface area (Å²) < 4.78 is 11.1. The molecule has 0 unspecified atom stereocenters. The van der Waals surface area contributed by atoms with Gasteiger partial charge in [0.15, 0.2) is 0 Å². The Balaban J connectivity index is 1.69.